The van der Waals surface area contributed by atoms with Crippen LogP contribution in [0.3, 0.4) is 0 Å². The van der Waals surface area contributed by atoms with Crippen LogP contribution in [0.2, 0.25) is 0 Å². The van der Waals surface area contributed by atoms with Crippen molar-refractivity contribution in [3.63, 3.8) is 0 Å². The van der Waals surface area contributed by atoms with Gasteiger partial charge >= 0.3 is 0 Å². The van der Waals surface area contributed by atoms with Gasteiger partial charge in [0.15, 0.2) is 5.78 Å². The lowest BCUT2D eigenvalue weighted by Gasteiger charge is -2.28. The Kier molecular flexibility index (Phi) is 5.33. The first-order chi connectivity index (χ1) is 10.2. The minimum atomic E-state index is -0.0699. The van der Waals surface area contributed by atoms with Gasteiger partial charge in [0.05, 0.1) is 12.7 Å². The van der Waals surface area contributed by atoms with Crippen LogP contribution in [0.1, 0.15) is 40.5 Å². The molecule has 1 heterocycles. The molecule has 1 saturated heterocycles. The molecule has 1 aliphatic rings. The molecule has 0 radical (unpaired) electrons. The molecule has 0 atom stereocenters. The van der Waals surface area contributed by atoms with E-state index in [9.17, 15) is 9.59 Å². The minimum absolute atomic E-state index is 0.0644. The van der Waals surface area contributed by atoms with E-state index in [0.717, 1.165) is 19.5 Å². The predicted molar refractivity (Wildman–Crippen MR) is 81.0 cm³/mol. The first-order valence-electron chi connectivity index (χ1n) is 7.38. The number of piperazine rings is 1. The average molecular weight is 290 g/mol. The van der Waals surface area contributed by atoms with Crippen molar-refractivity contribution < 1.29 is 14.3 Å². The van der Waals surface area contributed by atoms with E-state index in [4.69, 9.17) is 4.74 Å². The lowest BCUT2D eigenvalue weighted by Crippen LogP contribution is -2.46. The number of methoxy groups -OCH3 is 1. The van der Waals surface area contributed by atoms with Gasteiger partial charge in [0.2, 0.25) is 0 Å². The fourth-order valence-corrected chi connectivity index (χ4v) is 2.46. The van der Waals surface area contributed by atoms with E-state index in [1.165, 1.54) is 7.11 Å². The van der Waals surface area contributed by atoms with Crippen LogP contribution < -0.4 is 10.1 Å². The topological polar surface area (TPSA) is 58.6 Å². The molecule has 1 fully saturated rings. The lowest BCUT2D eigenvalue weighted by atomic mass is 10.0. The van der Waals surface area contributed by atoms with Gasteiger partial charge in [-0.1, -0.05) is 6.92 Å². The molecule has 0 unspecified atom stereocenters. The van der Waals surface area contributed by atoms with Crippen LogP contribution in [0, 0.1) is 0 Å². The van der Waals surface area contributed by atoms with Gasteiger partial charge < -0.3 is 15.0 Å². The molecule has 1 aromatic rings. The van der Waals surface area contributed by atoms with E-state index in [-0.39, 0.29) is 11.7 Å². The number of amides is 1. The quantitative estimate of drug-likeness (QED) is 0.839. The van der Waals surface area contributed by atoms with Gasteiger partial charge in [-0.05, 0) is 24.6 Å². The fraction of sp³-hybridized carbons (Fsp3) is 0.500. The monoisotopic (exact) mass is 290 g/mol. The standard InChI is InChI=1S/C16H22N2O3/c1-3-4-14(19)12-5-6-15(21-2)13(11-12)16(20)18-9-7-17-8-10-18/h5-6,11,17H,3-4,7-10H2,1-2H3. The summed E-state index contributed by atoms with van der Waals surface area (Å²) in [7, 11) is 1.54. The summed E-state index contributed by atoms with van der Waals surface area (Å²) in [6.45, 7) is 4.91. The van der Waals surface area contributed by atoms with Crippen molar-refractivity contribution in [3.8, 4) is 5.75 Å². The van der Waals surface area contributed by atoms with Gasteiger partial charge in [0.25, 0.3) is 5.91 Å². The summed E-state index contributed by atoms with van der Waals surface area (Å²) in [5, 5.41) is 3.22. The highest BCUT2D eigenvalue weighted by atomic mass is 16.5. The first kappa shape index (κ1) is 15.5. The van der Waals surface area contributed by atoms with Gasteiger partial charge in [-0.3, -0.25) is 9.59 Å². The Morgan fingerprint density at radius 1 is 1.29 bits per heavy atom. The number of hydrogen-bond donors (Lipinski definition) is 1. The number of ether oxygens (including phenoxy) is 1. The second-order valence-electron chi connectivity index (χ2n) is 5.13. The number of hydrogen-bond acceptors (Lipinski definition) is 4. The number of nitrogens with zero attached hydrogens (tertiary/aromatic N) is 1. The Balaban J connectivity index is 2.28. The number of carbonyl (C=O) groups excluding carboxylic acids is 2. The molecule has 5 heteroatoms. The molecule has 2 rings (SSSR count). The van der Waals surface area contributed by atoms with Crippen molar-refractivity contribution in [2.75, 3.05) is 33.3 Å². The van der Waals surface area contributed by atoms with Crippen LogP contribution in [0.5, 0.6) is 5.75 Å². The molecule has 1 aromatic carbocycles. The third-order valence-electron chi connectivity index (χ3n) is 3.63. The van der Waals surface area contributed by atoms with E-state index >= 15 is 0 Å². The van der Waals surface area contributed by atoms with Crippen molar-refractivity contribution in [1.82, 2.24) is 10.2 Å². The fourth-order valence-electron chi connectivity index (χ4n) is 2.46. The van der Waals surface area contributed by atoms with Crippen LogP contribution in [0.15, 0.2) is 18.2 Å². The zero-order chi connectivity index (χ0) is 15.2. The van der Waals surface area contributed by atoms with Crippen molar-refractivity contribution in [3.05, 3.63) is 29.3 Å². The molecule has 114 valence electrons. The predicted octanol–water partition coefficient (Wildman–Crippen LogP) is 1.72. The van der Waals surface area contributed by atoms with Crippen LogP contribution in [0.4, 0.5) is 0 Å². The van der Waals surface area contributed by atoms with Gasteiger partial charge in [-0.25, -0.2) is 0 Å². The van der Waals surface area contributed by atoms with Crippen LogP contribution in [0.25, 0.3) is 0 Å². The number of Topliss-reactive ketones (excluding diaryl/α,β-unsaturated/α-hetero) is 1. The Labute approximate surface area is 125 Å². The number of ketones is 1. The number of nitrogens with one attached hydrogen (secondary N) is 1. The highest BCUT2D eigenvalue weighted by Crippen LogP contribution is 2.23. The van der Waals surface area contributed by atoms with Gasteiger partial charge in [0.1, 0.15) is 5.75 Å². The van der Waals surface area contributed by atoms with E-state index in [2.05, 4.69) is 5.32 Å². The zero-order valence-corrected chi connectivity index (χ0v) is 12.6. The zero-order valence-electron chi connectivity index (χ0n) is 12.6. The van der Waals surface area contributed by atoms with Crippen molar-refractivity contribution >= 4 is 11.7 Å². The van der Waals surface area contributed by atoms with Crippen molar-refractivity contribution in [1.29, 1.82) is 0 Å². The average Bonchev–Trinajstić information content (AvgIpc) is 2.54. The molecule has 1 aliphatic heterocycles. The van der Waals surface area contributed by atoms with Crippen LogP contribution in [-0.2, 0) is 0 Å². The molecular formula is C16H22N2O3. The number of benzene rings is 1. The molecular weight excluding hydrogens is 268 g/mol. The second kappa shape index (κ2) is 7.22. The molecule has 0 spiro atoms. The molecule has 5 nitrogen and oxygen atoms in total. The maximum absolute atomic E-state index is 12.6. The second-order valence-corrected chi connectivity index (χ2v) is 5.13. The number of rotatable bonds is 5. The summed E-state index contributed by atoms with van der Waals surface area (Å²) < 4.78 is 5.28. The molecule has 0 bridgehead atoms. The van der Waals surface area contributed by atoms with Gasteiger partial charge in [-0.2, -0.15) is 0 Å². The molecule has 1 N–H and O–H groups in total. The van der Waals surface area contributed by atoms with Crippen LogP contribution >= 0.6 is 0 Å². The summed E-state index contributed by atoms with van der Waals surface area (Å²) in [5.41, 5.74) is 1.05. The SMILES string of the molecule is CCCC(=O)c1ccc(OC)c(C(=O)N2CCNCC2)c1. The van der Waals surface area contributed by atoms with E-state index in [1.807, 2.05) is 6.92 Å². The molecule has 0 saturated carbocycles. The van der Waals surface area contributed by atoms with Crippen molar-refractivity contribution in [2.45, 2.75) is 19.8 Å². The summed E-state index contributed by atoms with van der Waals surface area (Å²) in [6, 6.07) is 5.10. The van der Waals surface area contributed by atoms with Crippen LogP contribution in [-0.4, -0.2) is 49.9 Å². The van der Waals surface area contributed by atoms with E-state index in [1.54, 1.807) is 23.1 Å². The summed E-state index contributed by atoms with van der Waals surface area (Å²) in [5.74, 6) is 0.514. The lowest BCUT2D eigenvalue weighted by molar-refractivity contribution is 0.0732. The normalized spacial score (nSPS) is 14.9. The molecule has 21 heavy (non-hydrogen) atoms. The maximum Gasteiger partial charge on any atom is 0.257 e. The van der Waals surface area contributed by atoms with Crippen molar-refractivity contribution in [2.24, 2.45) is 0 Å². The Hall–Kier alpha value is -1.88. The van der Waals surface area contributed by atoms with E-state index < -0.39 is 0 Å². The highest BCUT2D eigenvalue weighted by molar-refractivity contribution is 6.02. The third-order valence-corrected chi connectivity index (χ3v) is 3.63. The minimum Gasteiger partial charge on any atom is -0.496 e. The third kappa shape index (κ3) is 3.61. The Morgan fingerprint density at radius 3 is 2.62 bits per heavy atom. The molecule has 1 amide bonds. The van der Waals surface area contributed by atoms with Gasteiger partial charge in [0, 0.05) is 38.2 Å². The first-order valence-corrected chi connectivity index (χ1v) is 7.38. The van der Waals surface area contributed by atoms with E-state index in [0.29, 0.717) is 36.4 Å². The molecule has 0 aliphatic carbocycles. The molecule has 0 aromatic heterocycles. The maximum atomic E-state index is 12.6. The Bertz CT molecular complexity index is 522. The Morgan fingerprint density at radius 2 is 2.00 bits per heavy atom. The smallest absolute Gasteiger partial charge is 0.257 e. The summed E-state index contributed by atoms with van der Waals surface area (Å²) in [4.78, 5) is 26.4. The highest BCUT2D eigenvalue weighted by Gasteiger charge is 2.22. The number of carbonyl (C=O) groups is 2. The van der Waals surface area contributed by atoms with Gasteiger partial charge in [-0.15, -0.1) is 0 Å². The largest absolute Gasteiger partial charge is 0.496 e. The summed E-state index contributed by atoms with van der Waals surface area (Å²) in [6.07, 6.45) is 1.29. The summed E-state index contributed by atoms with van der Waals surface area (Å²) >= 11 is 0.